The van der Waals surface area contributed by atoms with Gasteiger partial charge in [-0.25, -0.2) is 16.2 Å². The number of carboxylic acids is 1. The molecule has 3 heterocycles. The van der Waals surface area contributed by atoms with Crippen LogP contribution in [0.1, 0.15) is 123 Å². The molecule has 10 aliphatic rings. The number of likely N-dealkylation sites (tertiary alicyclic amines) is 1. The van der Waals surface area contributed by atoms with Crippen LogP contribution in [0.15, 0.2) is 60.7 Å². The number of hydrogen-bond acceptors (Lipinski definition) is 11. The van der Waals surface area contributed by atoms with Crippen LogP contribution < -0.4 is 10.6 Å². The van der Waals surface area contributed by atoms with Gasteiger partial charge in [0.2, 0.25) is 0 Å². The minimum Gasteiger partial charge on any atom is -0.480 e. The third-order valence-corrected chi connectivity index (χ3v) is 18.3. The molecule has 0 aromatic heterocycles. The Morgan fingerprint density at radius 1 is 0.753 bits per heavy atom. The number of ether oxygens (including phenoxy) is 2. The number of alkyl carbamates (subject to hydrolysis) is 2. The van der Waals surface area contributed by atoms with Gasteiger partial charge in [-0.1, -0.05) is 101 Å². The van der Waals surface area contributed by atoms with Crippen LogP contribution >= 0.6 is 0 Å². The number of aliphatic carboxylic acids is 1. The van der Waals surface area contributed by atoms with Crippen molar-refractivity contribution in [3.63, 3.8) is 0 Å². The van der Waals surface area contributed by atoms with Crippen molar-refractivity contribution in [2.45, 2.75) is 166 Å². The molecule has 16 nitrogen and oxygen atoms in total. The fourth-order valence-corrected chi connectivity index (χ4v) is 13.8. The number of carbonyl (C=O) groups is 4. The van der Waals surface area contributed by atoms with E-state index in [0.29, 0.717) is 61.0 Å². The van der Waals surface area contributed by atoms with E-state index in [4.69, 9.17) is 45.0 Å². The Kier molecular flexibility index (Phi) is 16.9. The highest BCUT2D eigenvalue weighted by atomic mass is 16.7. The van der Waals surface area contributed by atoms with Gasteiger partial charge in [0, 0.05) is 6.54 Å². The predicted molar refractivity (Wildman–Crippen MR) is 273 cm³/mol. The van der Waals surface area contributed by atoms with E-state index in [1.807, 2.05) is 48.5 Å². The minimum atomic E-state index is -1.07. The van der Waals surface area contributed by atoms with E-state index < -0.39 is 38.7 Å². The summed E-state index contributed by atoms with van der Waals surface area (Å²) in [7, 11) is -1.02. The van der Waals surface area contributed by atoms with Gasteiger partial charge in [-0.15, -0.1) is 0 Å². The van der Waals surface area contributed by atoms with E-state index in [1.54, 1.807) is 4.90 Å². The second-order valence-corrected chi connectivity index (χ2v) is 23.3. The zero-order valence-electron chi connectivity index (χ0n) is 43.6. The van der Waals surface area contributed by atoms with E-state index in [2.05, 4.69) is 69.2 Å². The third-order valence-electron chi connectivity index (χ3n) is 18.3. The molecule has 3 amide bonds. The van der Waals surface area contributed by atoms with Gasteiger partial charge in [-0.3, -0.25) is 9.59 Å². The van der Waals surface area contributed by atoms with Gasteiger partial charge in [0.1, 0.15) is 13.0 Å². The molecule has 3 N–H and O–H groups in total. The lowest BCUT2D eigenvalue weighted by atomic mass is 9.43. The van der Waals surface area contributed by atoms with Crippen LogP contribution in [0.3, 0.4) is 0 Å². The maximum Gasteiger partial charge on any atom is 0.482 e. The van der Waals surface area contributed by atoms with Crippen LogP contribution in [0.25, 0.3) is 4.85 Å². The highest BCUT2D eigenvalue weighted by molar-refractivity contribution is 6.48. The number of benzene rings is 2. The van der Waals surface area contributed by atoms with Crippen LogP contribution in [0, 0.1) is 58.3 Å². The lowest BCUT2D eigenvalue weighted by molar-refractivity contribution is -0.199. The van der Waals surface area contributed by atoms with Gasteiger partial charge in [-0.05, 0) is 130 Å². The van der Waals surface area contributed by atoms with Crippen molar-refractivity contribution < 1.29 is 52.4 Å². The average Bonchev–Trinajstić information content (AvgIpc) is 4.19. The summed E-state index contributed by atoms with van der Waals surface area (Å²) in [5.41, 5.74) is 2.12. The Labute approximate surface area is 432 Å². The molecule has 3 aliphatic heterocycles. The number of nitriles is 1. The fourth-order valence-electron chi connectivity index (χ4n) is 13.8. The molecule has 73 heavy (non-hydrogen) atoms. The molecule has 2 aromatic rings. The summed E-state index contributed by atoms with van der Waals surface area (Å²) in [4.78, 5) is 52.1. The monoisotopic (exact) mass is 1000 g/mol. The summed E-state index contributed by atoms with van der Waals surface area (Å²) in [6.07, 6.45) is 10.9. The Morgan fingerprint density at radius 2 is 1.23 bits per heavy atom. The number of nitrogens with one attached hydrogen (secondary N) is 2. The number of rotatable bonds is 14. The smallest absolute Gasteiger partial charge is 0.480 e. The second kappa shape index (κ2) is 22.8. The zero-order valence-corrected chi connectivity index (χ0v) is 43.6. The van der Waals surface area contributed by atoms with Gasteiger partial charge >= 0.3 is 38.3 Å². The molecule has 7 aliphatic carbocycles. The van der Waals surface area contributed by atoms with Gasteiger partial charge < -0.3 is 53.6 Å². The molecular formula is C55H75B2N5O11. The quantitative estimate of drug-likeness (QED) is 0.121. The maximum atomic E-state index is 12.9. The van der Waals surface area contributed by atoms with E-state index in [0.717, 1.165) is 49.7 Å². The molecule has 12 rings (SSSR count). The van der Waals surface area contributed by atoms with Crippen molar-refractivity contribution in [3.8, 4) is 6.07 Å². The summed E-state index contributed by atoms with van der Waals surface area (Å²) in [5, 5.41) is 21.4. The van der Waals surface area contributed by atoms with Crippen LogP contribution in [0.5, 0.6) is 0 Å². The topological polar surface area (TPSA) is 199 Å². The largest absolute Gasteiger partial charge is 0.482 e. The van der Waals surface area contributed by atoms with Crippen molar-refractivity contribution in [1.82, 2.24) is 15.5 Å². The van der Waals surface area contributed by atoms with Crippen molar-refractivity contribution in [3.05, 3.63) is 83.2 Å². The normalized spacial score (nSPS) is 31.4. The Balaban J connectivity index is 0.000000177. The minimum absolute atomic E-state index is 0.0240. The number of hydrogen-bond donors (Lipinski definition) is 3. The third kappa shape index (κ3) is 11.9. The molecule has 3 saturated heterocycles. The van der Waals surface area contributed by atoms with Gasteiger partial charge in [0.05, 0.1) is 54.0 Å². The number of carboxylic acid groups (broad SMARTS) is 1. The van der Waals surface area contributed by atoms with E-state index in [-0.39, 0.29) is 66.0 Å². The van der Waals surface area contributed by atoms with E-state index in [9.17, 15) is 19.2 Å². The first-order valence-electron chi connectivity index (χ1n) is 26.7. The number of carbonyl (C=O) groups excluding carboxylic acids is 3. The first-order valence-corrected chi connectivity index (χ1v) is 26.7. The molecule has 4 bridgehead atoms. The zero-order chi connectivity index (χ0) is 52.1. The maximum absolute atomic E-state index is 12.9. The standard InChI is InChI=1S/C27H36BN3O5.C25H36BNO4.C3H3NO2/c1-26(2)19-14-21(26)27(3)22(15-19)35-28(36-27)23(13-18-9-6-5-7-10-18)30-25(33)34-17-20-11-8-12-31(20)24(32)16-29-4;1-24(2)19-14-20(24)25(3)21(15-19)30-26(31-25)22(13-17-9-5-4-6-10-17)27-23(28)29-16-18-11-7-8-12-18;4-2-1-3(5)6/h5-7,9-10,19-23H,8,11-17H2,1-3H3,(H,30,33);4-6,9-10,18-22H,7-8,11-16H2,1-3H3,(H,27,28);1H2,(H,5,6)/t19-,20+,21-,22+,23-,27-;19-,20-,21+,22-,25-;/m00./s1. The Morgan fingerprint density at radius 3 is 1.66 bits per heavy atom. The van der Waals surface area contributed by atoms with Crippen LogP contribution in [0.2, 0.25) is 0 Å². The molecule has 10 fully saturated rings. The summed E-state index contributed by atoms with van der Waals surface area (Å²) in [6.45, 7) is 21.8. The molecule has 2 aromatic carbocycles. The molecule has 0 radical (unpaired) electrons. The first kappa shape index (κ1) is 54.1. The molecule has 0 unspecified atom stereocenters. The van der Waals surface area contributed by atoms with Crippen molar-refractivity contribution in [2.24, 2.45) is 40.4 Å². The lowest BCUT2D eigenvalue weighted by Gasteiger charge is -2.64. The Hall–Kier alpha value is -5.13. The average molecular weight is 1000 g/mol. The molecule has 0 spiro atoms. The summed E-state index contributed by atoms with van der Waals surface area (Å²) < 4.78 is 37.5. The lowest BCUT2D eigenvalue weighted by Crippen LogP contribution is -2.65. The summed E-state index contributed by atoms with van der Waals surface area (Å²) in [6, 6.07) is 21.5. The highest BCUT2D eigenvalue weighted by Gasteiger charge is 2.70. The molecule has 11 atom stereocenters. The molecule has 392 valence electrons. The summed E-state index contributed by atoms with van der Waals surface area (Å²) in [5.74, 6) is 0.828. The van der Waals surface area contributed by atoms with Gasteiger partial charge in [0.15, 0.2) is 0 Å². The van der Waals surface area contributed by atoms with Crippen LogP contribution in [-0.4, -0.2) is 116 Å². The second-order valence-electron chi connectivity index (χ2n) is 23.3. The van der Waals surface area contributed by atoms with Crippen molar-refractivity contribution >= 4 is 38.3 Å². The van der Waals surface area contributed by atoms with Gasteiger partial charge in [-0.2, -0.15) is 5.26 Å². The number of nitrogens with zero attached hydrogens (tertiary/aromatic N) is 3. The van der Waals surface area contributed by atoms with Crippen molar-refractivity contribution in [2.75, 3.05) is 26.3 Å². The van der Waals surface area contributed by atoms with Crippen molar-refractivity contribution in [1.29, 1.82) is 5.26 Å². The molecule has 7 saturated carbocycles. The Bertz CT molecular complexity index is 2350. The van der Waals surface area contributed by atoms with E-state index >= 15 is 0 Å². The predicted octanol–water partition coefficient (Wildman–Crippen LogP) is 8.27. The van der Waals surface area contributed by atoms with E-state index in [1.165, 1.54) is 31.8 Å². The fraction of sp³-hybridized carbons (Fsp3) is 0.673. The molecule has 18 heteroatoms. The number of amides is 3. The van der Waals surface area contributed by atoms with Gasteiger partial charge in [0.25, 0.3) is 6.54 Å². The molecular weight excluding hydrogens is 928 g/mol. The highest BCUT2D eigenvalue weighted by Crippen LogP contribution is 2.67. The SMILES string of the molecule is CC1(C)[C@@H]2C[C@H]3OB([C@H](Cc4ccccc4)NC(=O)OCC4CCCC4)O[C@@]3(C)[C@H]1C2.N#CCC(=O)O.[C-]#[N+]CC(=O)N1CCC[C@@H]1COC(=O)N[C@@H](Cc1ccccc1)B1O[C@@H]2C[C@@H]3C[C@@H](C3(C)C)[C@]2(C)O1. The van der Waals surface area contributed by atoms with Crippen LogP contribution in [-0.2, 0) is 50.5 Å². The summed E-state index contributed by atoms with van der Waals surface area (Å²) >= 11 is 0. The van der Waals surface area contributed by atoms with Crippen LogP contribution in [0.4, 0.5) is 9.59 Å². The first-order chi connectivity index (χ1) is 34.8.